The molecule has 0 amide bonds. The summed E-state index contributed by atoms with van der Waals surface area (Å²) in [6.45, 7) is 2.09. The third-order valence-electron chi connectivity index (χ3n) is 7.64. The molecule has 1 N–H and O–H groups in total. The number of aromatic nitrogens is 1. The van der Waals surface area contributed by atoms with Crippen molar-refractivity contribution in [1.29, 1.82) is 0 Å². The SMILES string of the molecule is COCN(C)c1cc(Cl)c(-c2ccc(-c3ccncc3)cc2)cc1C1(C=O)CC1c1ccc(C)c(C(=O)O)c1. The molecule has 0 bridgehead atoms. The molecule has 198 valence electrons. The van der Waals surface area contributed by atoms with E-state index < -0.39 is 11.4 Å². The number of carbonyl (C=O) groups excluding carboxylic acids is 1. The second kappa shape index (κ2) is 10.6. The fourth-order valence-electron chi connectivity index (χ4n) is 5.39. The van der Waals surface area contributed by atoms with Crippen LogP contribution >= 0.6 is 11.6 Å². The minimum absolute atomic E-state index is 0.147. The van der Waals surface area contributed by atoms with Crippen LogP contribution in [-0.2, 0) is 14.9 Å². The van der Waals surface area contributed by atoms with Gasteiger partial charge in [-0.25, -0.2) is 4.79 Å². The molecule has 39 heavy (non-hydrogen) atoms. The molecule has 0 saturated heterocycles. The molecular formula is C32H29ClN2O4. The van der Waals surface area contributed by atoms with Crippen molar-refractivity contribution in [3.63, 3.8) is 0 Å². The van der Waals surface area contributed by atoms with Gasteiger partial charge in [-0.15, -0.1) is 0 Å². The summed E-state index contributed by atoms with van der Waals surface area (Å²) in [6, 6.07) is 21.4. The zero-order valence-corrected chi connectivity index (χ0v) is 22.8. The largest absolute Gasteiger partial charge is 0.478 e. The second-order valence-corrected chi connectivity index (χ2v) is 10.5. The molecule has 5 rings (SSSR count). The maximum Gasteiger partial charge on any atom is 0.335 e. The summed E-state index contributed by atoms with van der Waals surface area (Å²) in [5.74, 6) is -1.12. The van der Waals surface area contributed by atoms with Crippen molar-refractivity contribution in [2.45, 2.75) is 24.7 Å². The highest BCUT2D eigenvalue weighted by Crippen LogP contribution is 2.62. The van der Waals surface area contributed by atoms with E-state index in [-0.39, 0.29) is 11.5 Å². The van der Waals surface area contributed by atoms with E-state index in [0.717, 1.165) is 45.4 Å². The van der Waals surface area contributed by atoms with Crippen molar-refractivity contribution < 1.29 is 19.4 Å². The van der Waals surface area contributed by atoms with E-state index >= 15 is 0 Å². The topological polar surface area (TPSA) is 79.7 Å². The van der Waals surface area contributed by atoms with E-state index in [0.29, 0.717) is 23.7 Å². The molecule has 1 aromatic heterocycles. The van der Waals surface area contributed by atoms with Crippen LogP contribution in [0.1, 0.15) is 39.4 Å². The molecule has 2 unspecified atom stereocenters. The Morgan fingerprint density at radius 2 is 1.74 bits per heavy atom. The van der Waals surface area contributed by atoms with Gasteiger partial charge >= 0.3 is 5.97 Å². The van der Waals surface area contributed by atoms with Crippen LogP contribution in [0.15, 0.2) is 79.1 Å². The third-order valence-corrected chi connectivity index (χ3v) is 7.95. The first kappa shape index (κ1) is 26.6. The van der Waals surface area contributed by atoms with Gasteiger partial charge in [0.25, 0.3) is 0 Å². The Morgan fingerprint density at radius 1 is 1.08 bits per heavy atom. The number of benzene rings is 3. The van der Waals surface area contributed by atoms with Gasteiger partial charge in [0.05, 0.1) is 16.0 Å². The van der Waals surface area contributed by atoms with E-state index in [4.69, 9.17) is 16.3 Å². The molecule has 1 heterocycles. The van der Waals surface area contributed by atoms with E-state index in [2.05, 4.69) is 4.98 Å². The summed E-state index contributed by atoms with van der Waals surface area (Å²) in [4.78, 5) is 30.6. The number of rotatable bonds is 9. The highest BCUT2D eigenvalue weighted by Gasteiger charge is 2.57. The molecule has 2 atom stereocenters. The number of hydrogen-bond acceptors (Lipinski definition) is 5. The van der Waals surface area contributed by atoms with Crippen molar-refractivity contribution in [3.05, 3.63) is 106 Å². The van der Waals surface area contributed by atoms with Gasteiger partial charge in [-0.3, -0.25) is 4.98 Å². The number of nitrogens with zero attached hydrogens (tertiary/aromatic N) is 2. The maximum absolute atomic E-state index is 12.8. The minimum Gasteiger partial charge on any atom is -0.478 e. The lowest BCUT2D eigenvalue weighted by molar-refractivity contribution is -0.110. The van der Waals surface area contributed by atoms with Gasteiger partial charge < -0.3 is 19.5 Å². The van der Waals surface area contributed by atoms with E-state index in [1.165, 1.54) is 0 Å². The minimum atomic E-state index is -0.976. The number of aldehydes is 1. The Bertz CT molecular complexity index is 1540. The van der Waals surface area contributed by atoms with Crippen molar-refractivity contribution >= 4 is 29.5 Å². The van der Waals surface area contributed by atoms with Crippen molar-refractivity contribution in [1.82, 2.24) is 4.98 Å². The number of halogens is 1. The summed E-state index contributed by atoms with van der Waals surface area (Å²) in [7, 11) is 3.51. The Labute approximate surface area is 232 Å². The van der Waals surface area contributed by atoms with Crippen LogP contribution in [0.2, 0.25) is 5.02 Å². The smallest absolute Gasteiger partial charge is 0.335 e. The zero-order valence-electron chi connectivity index (χ0n) is 22.0. The third kappa shape index (κ3) is 4.93. The van der Waals surface area contributed by atoms with E-state index in [9.17, 15) is 14.7 Å². The number of carboxylic acid groups (broad SMARTS) is 1. The van der Waals surface area contributed by atoms with Gasteiger partial charge in [0.15, 0.2) is 0 Å². The fourth-order valence-corrected chi connectivity index (χ4v) is 5.66. The Kier molecular flexibility index (Phi) is 7.25. The quantitative estimate of drug-likeness (QED) is 0.187. The van der Waals surface area contributed by atoms with Crippen LogP contribution in [0, 0.1) is 6.92 Å². The van der Waals surface area contributed by atoms with Crippen LogP contribution in [0.3, 0.4) is 0 Å². The lowest BCUT2D eigenvalue weighted by Crippen LogP contribution is -2.24. The van der Waals surface area contributed by atoms with Gasteiger partial charge in [0, 0.05) is 43.7 Å². The van der Waals surface area contributed by atoms with Crippen LogP contribution in [0.5, 0.6) is 0 Å². The van der Waals surface area contributed by atoms with Crippen molar-refractivity contribution in [2.75, 3.05) is 25.8 Å². The average Bonchev–Trinajstić information content (AvgIpc) is 3.69. The van der Waals surface area contributed by atoms with Gasteiger partial charge in [0.1, 0.15) is 13.0 Å². The molecule has 1 fully saturated rings. The molecule has 0 spiro atoms. The normalized spacial score (nSPS) is 18.0. The fraction of sp³-hybridized carbons (Fsp3) is 0.219. The Hall–Kier alpha value is -4.00. The molecule has 0 aliphatic heterocycles. The number of methoxy groups -OCH3 is 1. The standard InChI is InChI=1S/C32H29ClN2O4/c1-20-4-5-24(14-25(20)31(37)38)28-17-32(28,18-36)27-15-26(29(33)16-30(27)35(2)19-39-3)23-8-6-21(7-9-23)22-10-12-34-13-11-22/h4-16,18,28H,17,19H2,1-3H3,(H,37,38). The summed E-state index contributed by atoms with van der Waals surface area (Å²) in [6.07, 6.45) is 5.11. The van der Waals surface area contributed by atoms with E-state index in [1.807, 2.05) is 72.6 Å². The van der Waals surface area contributed by atoms with Gasteiger partial charge in [-0.1, -0.05) is 48.0 Å². The van der Waals surface area contributed by atoms with Crippen molar-refractivity contribution in [2.24, 2.45) is 0 Å². The van der Waals surface area contributed by atoms with Gasteiger partial charge in [-0.05, 0) is 77.1 Å². The molecule has 6 nitrogen and oxygen atoms in total. The first-order valence-corrected chi connectivity index (χ1v) is 13.0. The Balaban J connectivity index is 1.60. The lowest BCUT2D eigenvalue weighted by Gasteiger charge is -2.26. The van der Waals surface area contributed by atoms with Gasteiger partial charge in [-0.2, -0.15) is 0 Å². The molecule has 0 radical (unpaired) electrons. The molecule has 3 aromatic carbocycles. The second-order valence-electron chi connectivity index (χ2n) is 10.1. The average molecular weight is 541 g/mol. The first-order valence-electron chi connectivity index (χ1n) is 12.6. The van der Waals surface area contributed by atoms with E-state index in [1.54, 1.807) is 32.5 Å². The maximum atomic E-state index is 12.8. The number of hydrogen-bond donors (Lipinski definition) is 1. The van der Waals surface area contributed by atoms with Crippen molar-refractivity contribution in [3.8, 4) is 22.3 Å². The molecule has 4 aromatic rings. The monoisotopic (exact) mass is 540 g/mol. The number of aromatic carboxylic acids is 1. The number of ether oxygens (including phenoxy) is 1. The van der Waals surface area contributed by atoms with Gasteiger partial charge in [0.2, 0.25) is 0 Å². The Morgan fingerprint density at radius 3 is 2.38 bits per heavy atom. The number of aryl methyl sites for hydroxylation is 1. The summed E-state index contributed by atoms with van der Waals surface area (Å²) in [5.41, 5.74) is 6.51. The molecule has 1 aliphatic carbocycles. The number of pyridine rings is 1. The number of anilines is 1. The highest BCUT2D eigenvalue weighted by molar-refractivity contribution is 6.33. The predicted octanol–water partition coefficient (Wildman–Crippen LogP) is 6.74. The van der Waals surface area contributed by atoms with Crippen LogP contribution in [0.25, 0.3) is 22.3 Å². The summed E-state index contributed by atoms with van der Waals surface area (Å²) >= 11 is 6.85. The lowest BCUT2D eigenvalue weighted by atomic mass is 9.87. The molecule has 7 heteroatoms. The molecule has 1 aliphatic rings. The van der Waals surface area contributed by atoms with Crippen LogP contribution in [0.4, 0.5) is 5.69 Å². The number of carboxylic acids is 1. The zero-order chi connectivity index (χ0) is 27.7. The predicted molar refractivity (Wildman–Crippen MR) is 154 cm³/mol. The first-order chi connectivity index (χ1) is 18.8. The van der Waals surface area contributed by atoms with Crippen LogP contribution < -0.4 is 4.90 Å². The summed E-state index contributed by atoms with van der Waals surface area (Å²) < 4.78 is 5.38. The highest BCUT2D eigenvalue weighted by atomic mass is 35.5. The van der Waals surface area contributed by atoms with Crippen LogP contribution in [-0.4, -0.2) is 43.2 Å². The molecular weight excluding hydrogens is 512 g/mol. The number of carbonyl (C=O) groups is 2. The summed E-state index contributed by atoms with van der Waals surface area (Å²) in [5, 5.41) is 10.2. The molecule has 1 saturated carbocycles.